The number of ketones is 1. The number of hydrogen-bond donors (Lipinski definition) is 3. The Morgan fingerprint density at radius 3 is 1.83 bits per heavy atom. The summed E-state index contributed by atoms with van der Waals surface area (Å²) in [5.41, 5.74) is 1.68. The molecule has 0 aromatic heterocycles. The van der Waals surface area contributed by atoms with Crippen molar-refractivity contribution in [2.45, 2.75) is 6.42 Å². The van der Waals surface area contributed by atoms with E-state index >= 15 is 0 Å². The Morgan fingerprint density at radius 1 is 0.783 bits per heavy atom. The molecule has 2 aromatic carbocycles. The van der Waals surface area contributed by atoms with Crippen LogP contribution in [0.15, 0.2) is 54.6 Å². The molecule has 118 valence electrons. The van der Waals surface area contributed by atoms with Gasteiger partial charge in [-0.05, 0) is 24.3 Å². The summed E-state index contributed by atoms with van der Waals surface area (Å²) in [6, 6.07) is 15.3. The molecule has 0 radical (unpaired) electrons. The molecular weight excluding hydrogens is 312 g/mol. The molecule has 0 atom stereocenters. The van der Waals surface area contributed by atoms with Gasteiger partial charge in [0, 0.05) is 16.9 Å². The topological polar surface area (TPSA) is 75.3 Å². The highest BCUT2D eigenvalue weighted by Gasteiger charge is 2.11. The molecule has 0 spiro atoms. The summed E-state index contributed by atoms with van der Waals surface area (Å²) in [5.74, 6) is -0.731. The van der Waals surface area contributed by atoms with Crippen LogP contribution in [0.5, 0.6) is 0 Å². The summed E-state index contributed by atoms with van der Waals surface area (Å²) in [7, 11) is 0. The van der Waals surface area contributed by atoms with Gasteiger partial charge in [0.05, 0.1) is 12.2 Å². The van der Waals surface area contributed by atoms with Gasteiger partial charge in [0.2, 0.25) is 11.8 Å². The smallest absolute Gasteiger partial charge is 0.234 e. The van der Waals surface area contributed by atoms with E-state index in [-0.39, 0.29) is 29.8 Å². The first-order valence-electron chi connectivity index (χ1n) is 6.97. The van der Waals surface area contributed by atoms with E-state index in [4.69, 9.17) is 0 Å². The Kier molecular flexibility index (Phi) is 5.94. The first-order chi connectivity index (χ1) is 11.1. The summed E-state index contributed by atoms with van der Waals surface area (Å²) in [6.45, 7) is 0. The predicted octanol–water partition coefficient (Wildman–Crippen LogP) is 2.77. The van der Waals surface area contributed by atoms with Gasteiger partial charge < -0.3 is 10.6 Å². The third-order valence-electron chi connectivity index (χ3n) is 3.01. The van der Waals surface area contributed by atoms with Crippen LogP contribution in [0.1, 0.15) is 16.8 Å². The minimum absolute atomic E-state index is 0.0973. The molecule has 0 bridgehead atoms. The van der Waals surface area contributed by atoms with Gasteiger partial charge in [-0.2, -0.15) is 12.6 Å². The van der Waals surface area contributed by atoms with E-state index in [0.29, 0.717) is 16.9 Å². The molecule has 0 fully saturated rings. The van der Waals surface area contributed by atoms with Gasteiger partial charge >= 0.3 is 0 Å². The van der Waals surface area contributed by atoms with E-state index in [9.17, 15) is 14.4 Å². The molecule has 0 heterocycles. The second kappa shape index (κ2) is 8.14. The van der Waals surface area contributed by atoms with E-state index in [1.807, 2.05) is 6.07 Å². The maximum Gasteiger partial charge on any atom is 0.234 e. The summed E-state index contributed by atoms with van der Waals surface area (Å²) < 4.78 is 0. The fourth-order valence-electron chi connectivity index (χ4n) is 1.91. The van der Waals surface area contributed by atoms with Crippen LogP contribution in [0.3, 0.4) is 0 Å². The van der Waals surface area contributed by atoms with Gasteiger partial charge in [-0.15, -0.1) is 0 Å². The monoisotopic (exact) mass is 328 g/mol. The van der Waals surface area contributed by atoms with Crippen molar-refractivity contribution in [3.05, 3.63) is 60.2 Å². The number of nitrogens with one attached hydrogen (secondary N) is 2. The molecule has 5 nitrogen and oxygen atoms in total. The number of rotatable bonds is 6. The van der Waals surface area contributed by atoms with Gasteiger partial charge in [-0.25, -0.2) is 0 Å². The second-order valence-corrected chi connectivity index (χ2v) is 5.11. The van der Waals surface area contributed by atoms with Crippen LogP contribution in [0.2, 0.25) is 0 Å². The highest BCUT2D eigenvalue weighted by Crippen LogP contribution is 2.14. The van der Waals surface area contributed by atoms with Crippen molar-refractivity contribution in [3.8, 4) is 0 Å². The van der Waals surface area contributed by atoms with E-state index in [1.165, 1.54) is 0 Å². The molecular formula is C17H16N2O3S. The molecule has 2 aromatic rings. The highest BCUT2D eigenvalue weighted by molar-refractivity contribution is 7.81. The molecule has 2 amide bonds. The summed E-state index contributed by atoms with van der Waals surface area (Å²) in [6.07, 6.45) is -0.220. The first-order valence-corrected chi connectivity index (χ1v) is 7.60. The predicted molar refractivity (Wildman–Crippen MR) is 92.9 cm³/mol. The minimum Gasteiger partial charge on any atom is -0.326 e. The van der Waals surface area contributed by atoms with Crippen LogP contribution >= 0.6 is 12.6 Å². The number of amides is 2. The fourth-order valence-corrected chi connectivity index (χ4v) is 1.99. The standard InChI is InChI=1S/C17H16N2O3S/c20-15(12-4-2-1-3-5-12)10-16(21)18-13-6-8-14(9-7-13)19-17(22)11-23/h1-9,23H,10-11H2,(H,18,21)(H,19,22). The average molecular weight is 328 g/mol. The Morgan fingerprint density at radius 2 is 1.30 bits per heavy atom. The minimum atomic E-state index is -0.383. The normalized spacial score (nSPS) is 9.96. The van der Waals surface area contributed by atoms with Gasteiger partial charge in [0.1, 0.15) is 0 Å². The quantitative estimate of drug-likeness (QED) is 0.434. The lowest BCUT2D eigenvalue weighted by Crippen LogP contribution is -2.16. The number of Topliss-reactive ketones (excluding diaryl/α,β-unsaturated/α-hetero) is 1. The second-order valence-electron chi connectivity index (χ2n) is 4.80. The molecule has 2 N–H and O–H groups in total. The fraction of sp³-hybridized carbons (Fsp3) is 0.118. The van der Waals surface area contributed by atoms with Crippen LogP contribution in [-0.2, 0) is 9.59 Å². The molecule has 2 rings (SSSR count). The van der Waals surface area contributed by atoms with Crippen LogP contribution in [0.4, 0.5) is 11.4 Å². The van der Waals surface area contributed by atoms with Crippen molar-refractivity contribution in [2.75, 3.05) is 16.4 Å². The van der Waals surface area contributed by atoms with Crippen molar-refractivity contribution in [3.63, 3.8) is 0 Å². The van der Waals surface area contributed by atoms with Gasteiger partial charge in [0.15, 0.2) is 5.78 Å². The number of benzene rings is 2. The van der Waals surface area contributed by atoms with Crippen molar-refractivity contribution >= 4 is 41.6 Å². The largest absolute Gasteiger partial charge is 0.326 e. The number of thiol groups is 1. The van der Waals surface area contributed by atoms with Crippen LogP contribution in [0.25, 0.3) is 0 Å². The molecule has 0 saturated heterocycles. The zero-order valence-corrected chi connectivity index (χ0v) is 13.2. The lowest BCUT2D eigenvalue weighted by atomic mass is 10.1. The van der Waals surface area contributed by atoms with Crippen molar-refractivity contribution in [2.24, 2.45) is 0 Å². The van der Waals surface area contributed by atoms with Crippen LogP contribution in [0, 0.1) is 0 Å². The van der Waals surface area contributed by atoms with Crippen LogP contribution < -0.4 is 10.6 Å². The number of carbonyl (C=O) groups is 3. The van der Waals surface area contributed by atoms with E-state index in [0.717, 1.165) is 0 Å². The first kappa shape index (κ1) is 16.8. The third-order valence-corrected chi connectivity index (χ3v) is 3.30. The molecule has 0 aliphatic heterocycles. The van der Waals surface area contributed by atoms with Crippen molar-refractivity contribution < 1.29 is 14.4 Å². The summed E-state index contributed by atoms with van der Waals surface area (Å²) in [5, 5.41) is 5.29. The van der Waals surface area contributed by atoms with Crippen molar-refractivity contribution in [1.82, 2.24) is 0 Å². The maximum absolute atomic E-state index is 11.9. The summed E-state index contributed by atoms with van der Waals surface area (Å²) >= 11 is 3.87. The molecule has 0 saturated carbocycles. The zero-order chi connectivity index (χ0) is 16.7. The van der Waals surface area contributed by atoms with E-state index < -0.39 is 0 Å². The Labute approximate surface area is 139 Å². The molecule has 0 aliphatic rings. The maximum atomic E-state index is 11.9. The SMILES string of the molecule is O=C(CS)Nc1ccc(NC(=O)CC(=O)c2ccccc2)cc1. The third kappa shape index (κ3) is 5.27. The zero-order valence-electron chi connectivity index (χ0n) is 12.3. The molecule has 0 unspecified atom stereocenters. The molecule has 0 aliphatic carbocycles. The number of carbonyl (C=O) groups excluding carboxylic acids is 3. The van der Waals surface area contributed by atoms with Gasteiger partial charge in [-0.1, -0.05) is 30.3 Å². The Hall–Kier alpha value is -2.60. The Balaban J connectivity index is 1.90. The molecule has 23 heavy (non-hydrogen) atoms. The van der Waals surface area contributed by atoms with E-state index in [1.54, 1.807) is 48.5 Å². The number of hydrogen-bond acceptors (Lipinski definition) is 4. The molecule has 6 heteroatoms. The average Bonchev–Trinajstić information content (AvgIpc) is 2.57. The summed E-state index contributed by atoms with van der Waals surface area (Å²) in [4.78, 5) is 35.0. The van der Waals surface area contributed by atoms with Gasteiger partial charge in [-0.3, -0.25) is 14.4 Å². The Bertz CT molecular complexity index is 700. The van der Waals surface area contributed by atoms with E-state index in [2.05, 4.69) is 23.3 Å². The lowest BCUT2D eigenvalue weighted by molar-refractivity contribution is -0.115. The van der Waals surface area contributed by atoms with Gasteiger partial charge in [0.25, 0.3) is 0 Å². The van der Waals surface area contributed by atoms with Crippen LogP contribution in [-0.4, -0.2) is 23.4 Å². The van der Waals surface area contributed by atoms with Crippen molar-refractivity contribution in [1.29, 1.82) is 0 Å². The highest BCUT2D eigenvalue weighted by atomic mass is 32.1. The lowest BCUT2D eigenvalue weighted by Gasteiger charge is -2.07. The number of anilines is 2.